The summed E-state index contributed by atoms with van der Waals surface area (Å²) in [5, 5.41) is 21.6. The van der Waals surface area contributed by atoms with Crippen molar-refractivity contribution in [2.75, 3.05) is 24.7 Å². The highest BCUT2D eigenvalue weighted by Crippen LogP contribution is 2.34. The zero-order chi connectivity index (χ0) is 15.1. The molecular weight excluding hydrogens is 283 g/mol. The first-order valence-corrected chi connectivity index (χ1v) is 6.33. The molecule has 0 spiro atoms. The maximum Gasteiger partial charge on any atom is 0.224 e. The number of halogens is 1. The van der Waals surface area contributed by atoms with Gasteiger partial charge in [-0.2, -0.15) is 9.97 Å². The number of rotatable bonds is 3. The fourth-order valence-electron chi connectivity index (χ4n) is 2.37. The van der Waals surface area contributed by atoms with Gasteiger partial charge in [0.2, 0.25) is 5.95 Å². The summed E-state index contributed by atoms with van der Waals surface area (Å²) in [6, 6.07) is 0. The van der Waals surface area contributed by atoms with Crippen molar-refractivity contribution in [2.45, 2.75) is 24.6 Å². The summed E-state index contributed by atoms with van der Waals surface area (Å²) in [6.07, 6.45) is -3.93. The molecule has 21 heavy (non-hydrogen) atoms. The molecule has 1 saturated heterocycles. The number of hydrogen-bond acceptors (Lipinski definition) is 8. The monoisotopic (exact) mass is 298 g/mol. The standard InChI is InChI=1S/C11H15FN6O3/c1-14-8-6-9(17-11(13)16-8)18(3-15-6)10-5(12)7(20)4(2-19)21-10/h3-5,7,10,19-20H,2H2,1H3,(H3,13,14,16,17)/t4-,5+,7-,10-/m1/s1. The van der Waals surface area contributed by atoms with Crippen LogP contribution in [0.2, 0.25) is 0 Å². The summed E-state index contributed by atoms with van der Waals surface area (Å²) in [6.45, 7) is -0.483. The van der Waals surface area contributed by atoms with E-state index in [0.29, 0.717) is 11.3 Å². The third kappa shape index (κ3) is 2.07. The minimum absolute atomic E-state index is 0.00117. The minimum atomic E-state index is -1.71. The molecule has 0 amide bonds. The smallest absolute Gasteiger partial charge is 0.224 e. The van der Waals surface area contributed by atoms with Gasteiger partial charge >= 0.3 is 0 Å². The third-order valence-corrected chi connectivity index (χ3v) is 3.42. The predicted molar refractivity (Wildman–Crippen MR) is 71.2 cm³/mol. The number of imidazole rings is 1. The van der Waals surface area contributed by atoms with Crippen molar-refractivity contribution in [3.63, 3.8) is 0 Å². The molecule has 1 aliphatic rings. The lowest BCUT2D eigenvalue weighted by molar-refractivity contribution is -0.0459. The quantitative estimate of drug-likeness (QED) is 0.569. The Morgan fingerprint density at radius 1 is 1.52 bits per heavy atom. The van der Waals surface area contributed by atoms with Crippen LogP contribution in [0, 0.1) is 0 Å². The maximum atomic E-state index is 14.2. The largest absolute Gasteiger partial charge is 0.394 e. The second-order valence-electron chi connectivity index (χ2n) is 4.69. The number of nitrogens with zero attached hydrogens (tertiary/aromatic N) is 4. The summed E-state index contributed by atoms with van der Waals surface area (Å²) >= 11 is 0. The lowest BCUT2D eigenvalue weighted by Crippen LogP contribution is -2.30. The third-order valence-electron chi connectivity index (χ3n) is 3.42. The van der Waals surface area contributed by atoms with Crippen molar-refractivity contribution < 1.29 is 19.3 Å². The van der Waals surface area contributed by atoms with Gasteiger partial charge in [0.15, 0.2) is 29.4 Å². The molecule has 0 aliphatic carbocycles. The Labute approximate surface area is 118 Å². The van der Waals surface area contributed by atoms with E-state index >= 15 is 0 Å². The van der Waals surface area contributed by atoms with Gasteiger partial charge in [0.1, 0.15) is 12.2 Å². The predicted octanol–water partition coefficient (Wildman–Crippen LogP) is -0.961. The molecule has 2 aromatic heterocycles. The molecule has 0 aromatic carbocycles. The molecule has 1 fully saturated rings. The minimum Gasteiger partial charge on any atom is -0.394 e. The second kappa shape index (κ2) is 5.06. The van der Waals surface area contributed by atoms with Gasteiger partial charge in [0, 0.05) is 7.05 Å². The first-order valence-electron chi connectivity index (χ1n) is 6.33. The van der Waals surface area contributed by atoms with Gasteiger partial charge in [-0.05, 0) is 0 Å². The Morgan fingerprint density at radius 2 is 2.29 bits per heavy atom. The molecule has 9 nitrogen and oxygen atoms in total. The molecule has 0 bridgehead atoms. The topological polar surface area (TPSA) is 131 Å². The zero-order valence-corrected chi connectivity index (χ0v) is 11.1. The molecular formula is C11H15FN6O3. The van der Waals surface area contributed by atoms with E-state index in [4.69, 9.17) is 15.6 Å². The highest BCUT2D eigenvalue weighted by Gasteiger charge is 2.45. The SMILES string of the molecule is CNc1nc(N)nc2c1ncn2[C@@H]1O[C@H](CO)[C@@H](O)[C@@H]1F. The van der Waals surface area contributed by atoms with Gasteiger partial charge in [-0.1, -0.05) is 0 Å². The molecule has 4 atom stereocenters. The van der Waals surface area contributed by atoms with Gasteiger partial charge in [0.25, 0.3) is 0 Å². The van der Waals surface area contributed by atoms with E-state index in [9.17, 15) is 9.50 Å². The van der Waals surface area contributed by atoms with Gasteiger partial charge in [0.05, 0.1) is 12.9 Å². The summed E-state index contributed by atoms with van der Waals surface area (Å²) in [4.78, 5) is 12.1. The van der Waals surface area contributed by atoms with Crippen LogP contribution < -0.4 is 11.1 Å². The molecule has 3 rings (SSSR count). The number of hydrogen-bond donors (Lipinski definition) is 4. The first-order chi connectivity index (χ1) is 10.1. The van der Waals surface area contributed by atoms with Crippen molar-refractivity contribution in [3.05, 3.63) is 6.33 Å². The number of aromatic nitrogens is 4. The molecule has 5 N–H and O–H groups in total. The number of fused-ring (bicyclic) bond motifs is 1. The number of ether oxygens (including phenoxy) is 1. The molecule has 114 valence electrons. The van der Waals surface area contributed by atoms with Gasteiger partial charge in [-0.25, -0.2) is 9.37 Å². The van der Waals surface area contributed by atoms with Crippen molar-refractivity contribution in [1.29, 1.82) is 0 Å². The fourth-order valence-corrected chi connectivity index (χ4v) is 2.37. The molecule has 0 saturated carbocycles. The Bertz CT molecular complexity index is 665. The number of nitrogens with two attached hydrogens (primary N) is 1. The van der Waals surface area contributed by atoms with Crippen LogP contribution in [0.1, 0.15) is 6.23 Å². The Kier molecular flexibility index (Phi) is 3.35. The summed E-state index contributed by atoms with van der Waals surface area (Å²) < 4.78 is 20.8. The number of alkyl halides is 1. The number of anilines is 2. The average Bonchev–Trinajstić information content (AvgIpc) is 3.01. The maximum absolute atomic E-state index is 14.2. The van der Waals surface area contributed by atoms with Gasteiger partial charge < -0.3 is 26.0 Å². The normalized spacial score (nSPS) is 29.1. The van der Waals surface area contributed by atoms with E-state index in [2.05, 4.69) is 20.3 Å². The van der Waals surface area contributed by atoms with Crippen molar-refractivity contribution in [3.8, 4) is 0 Å². The molecule has 1 aliphatic heterocycles. The van der Waals surface area contributed by atoms with Crippen LogP contribution in [0.15, 0.2) is 6.33 Å². The summed E-state index contributed by atoms with van der Waals surface area (Å²) in [7, 11) is 1.65. The number of nitrogens with one attached hydrogen (secondary N) is 1. The van der Waals surface area contributed by atoms with Crippen molar-refractivity contribution >= 4 is 22.9 Å². The number of aliphatic hydroxyl groups excluding tert-OH is 2. The van der Waals surface area contributed by atoms with Crippen LogP contribution in [-0.4, -0.2) is 61.8 Å². The lowest BCUT2D eigenvalue weighted by atomic mass is 10.1. The summed E-state index contributed by atoms with van der Waals surface area (Å²) in [5.41, 5.74) is 6.30. The van der Waals surface area contributed by atoms with Crippen LogP contribution >= 0.6 is 0 Å². The number of aliphatic hydroxyl groups is 2. The second-order valence-corrected chi connectivity index (χ2v) is 4.69. The first kappa shape index (κ1) is 13.9. The summed E-state index contributed by atoms with van der Waals surface area (Å²) in [5.74, 6) is 0.408. The molecule has 3 heterocycles. The molecule has 2 aromatic rings. The van der Waals surface area contributed by atoms with E-state index in [0.717, 1.165) is 0 Å². The van der Waals surface area contributed by atoms with Crippen molar-refractivity contribution in [2.24, 2.45) is 0 Å². The van der Waals surface area contributed by atoms with Gasteiger partial charge in [-0.3, -0.25) is 4.57 Å². The fraction of sp³-hybridized carbons (Fsp3) is 0.545. The Hall–Kier alpha value is -2.04. The van der Waals surface area contributed by atoms with E-state index in [1.54, 1.807) is 7.05 Å². The Balaban J connectivity index is 2.07. The van der Waals surface area contributed by atoms with E-state index in [1.165, 1.54) is 10.9 Å². The number of nitrogen functional groups attached to an aromatic ring is 1. The van der Waals surface area contributed by atoms with Crippen LogP contribution in [0.3, 0.4) is 0 Å². The highest BCUT2D eigenvalue weighted by atomic mass is 19.1. The zero-order valence-electron chi connectivity index (χ0n) is 11.1. The van der Waals surface area contributed by atoms with E-state index in [-0.39, 0.29) is 11.6 Å². The van der Waals surface area contributed by atoms with E-state index in [1.807, 2.05) is 0 Å². The van der Waals surface area contributed by atoms with E-state index < -0.39 is 31.2 Å². The molecule has 0 radical (unpaired) electrons. The highest BCUT2D eigenvalue weighted by molar-refractivity contribution is 5.84. The average molecular weight is 298 g/mol. The van der Waals surface area contributed by atoms with Crippen LogP contribution in [0.4, 0.5) is 16.2 Å². The Morgan fingerprint density at radius 3 is 2.90 bits per heavy atom. The van der Waals surface area contributed by atoms with Crippen LogP contribution in [-0.2, 0) is 4.74 Å². The lowest BCUT2D eigenvalue weighted by Gasteiger charge is -2.15. The molecule has 0 unspecified atom stereocenters. The van der Waals surface area contributed by atoms with Crippen LogP contribution in [0.25, 0.3) is 11.2 Å². The molecule has 10 heteroatoms. The van der Waals surface area contributed by atoms with Gasteiger partial charge in [-0.15, -0.1) is 0 Å². The van der Waals surface area contributed by atoms with Crippen molar-refractivity contribution in [1.82, 2.24) is 19.5 Å². The van der Waals surface area contributed by atoms with Crippen LogP contribution in [0.5, 0.6) is 0 Å².